The summed E-state index contributed by atoms with van der Waals surface area (Å²) >= 11 is 0. The summed E-state index contributed by atoms with van der Waals surface area (Å²) in [5, 5.41) is 19.0. The van der Waals surface area contributed by atoms with Gasteiger partial charge in [0.1, 0.15) is 0 Å². The van der Waals surface area contributed by atoms with Crippen LogP contribution in [0.2, 0.25) is 0 Å². The van der Waals surface area contributed by atoms with Crippen LogP contribution in [-0.4, -0.2) is 16.0 Å². The van der Waals surface area contributed by atoms with Gasteiger partial charge in [-0.2, -0.15) is 0 Å². The Balaban J connectivity index is 0. The van der Waals surface area contributed by atoms with E-state index in [-0.39, 0.29) is 22.4 Å². The summed E-state index contributed by atoms with van der Waals surface area (Å²) in [5.74, 6) is 0. The van der Waals surface area contributed by atoms with Gasteiger partial charge in [-0.05, 0) is 0 Å². The predicted molar refractivity (Wildman–Crippen MR) is 23.5 cm³/mol. The van der Waals surface area contributed by atoms with Crippen molar-refractivity contribution >= 4 is 0 Å². The van der Waals surface area contributed by atoms with E-state index in [1.165, 1.54) is 0 Å². The van der Waals surface area contributed by atoms with Crippen molar-refractivity contribution in [1.82, 2.24) is 0 Å². The molecule has 0 aliphatic rings. The molecule has 0 N–H and O–H groups in total. The predicted octanol–water partition coefficient (Wildman–Crippen LogP) is -0.117. The summed E-state index contributed by atoms with van der Waals surface area (Å²) in [4.78, 5) is 17.1. The van der Waals surface area contributed by atoms with E-state index in [2.05, 4.69) is 0 Å². The molecule has 0 rings (SSSR count). The van der Waals surface area contributed by atoms with Gasteiger partial charge < -0.3 is 0 Å². The Kier molecular flexibility index (Phi) is 5.58. The molecule has 0 aromatic carbocycles. The van der Waals surface area contributed by atoms with Gasteiger partial charge in [0.2, 0.25) is 0 Å². The Bertz CT molecular complexity index is 112. The summed E-state index contributed by atoms with van der Waals surface area (Å²) in [5.41, 5.74) is 0. The molecule has 0 amide bonds. The summed E-state index contributed by atoms with van der Waals surface area (Å²) in [6.45, 7) is 0.917. The van der Waals surface area contributed by atoms with Crippen molar-refractivity contribution < 1.29 is 32.2 Å². The standard InChI is InChI=1S/C2H4N2O4.Ag/c1-2(3(5)6)4(7)8;/h2H,1H3;. The van der Waals surface area contributed by atoms with E-state index in [4.69, 9.17) is 0 Å². The van der Waals surface area contributed by atoms with Gasteiger partial charge in [-0.1, -0.05) is 0 Å². The van der Waals surface area contributed by atoms with Crippen LogP contribution >= 0.6 is 0 Å². The maximum atomic E-state index is 9.50. The zero-order chi connectivity index (χ0) is 6.73. The van der Waals surface area contributed by atoms with Gasteiger partial charge >= 0.3 is 6.17 Å². The van der Waals surface area contributed by atoms with Crippen molar-refractivity contribution in [1.29, 1.82) is 0 Å². The Labute approximate surface area is 66.0 Å². The van der Waals surface area contributed by atoms with E-state index in [0.29, 0.717) is 0 Å². The van der Waals surface area contributed by atoms with Crippen LogP contribution in [0.1, 0.15) is 6.92 Å². The van der Waals surface area contributed by atoms with Crippen LogP contribution in [0, 0.1) is 20.2 Å². The molecule has 0 atom stereocenters. The molecule has 0 aliphatic heterocycles. The monoisotopic (exact) mass is 227 g/mol. The third-order valence-electron chi connectivity index (χ3n) is 0.610. The summed E-state index contributed by atoms with van der Waals surface area (Å²) < 4.78 is 0. The van der Waals surface area contributed by atoms with Gasteiger partial charge in [0, 0.05) is 22.4 Å². The second-order valence-electron chi connectivity index (χ2n) is 1.20. The molecule has 0 bridgehead atoms. The molecule has 0 aromatic rings. The third kappa shape index (κ3) is 4.07. The zero-order valence-electron chi connectivity index (χ0n) is 4.41. The average Bonchev–Trinajstić information content (AvgIpc) is 1.64. The van der Waals surface area contributed by atoms with Crippen LogP contribution in [0.4, 0.5) is 0 Å². The summed E-state index contributed by atoms with van der Waals surface area (Å²) in [6, 6.07) is 0. The molecule has 0 aliphatic carbocycles. The maximum Gasteiger partial charge on any atom is 0.448 e. The molecule has 0 unspecified atom stereocenters. The molecule has 1 radical (unpaired) electrons. The molecule has 0 aromatic heterocycles. The largest absolute Gasteiger partial charge is 0.448 e. The molecule has 7 heteroatoms. The first-order chi connectivity index (χ1) is 3.55. The first-order valence-corrected chi connectivity index (χ1v) is 1.82. The van der Waals surface area contributed by atoms with Crippen molar-refractivity contribution in [2.45, 2.75) is 13.1 Å². The molecule has 0 saturated heterocycles. The number of nitrogens with zero attached hydrogens (tertiary/aromatic N) is 2. The number of hydrogen-bond donors (Lipinski definition) is 0. The molecular weight excluding hydrogens is 224 g/mol. The maximum absolute atomic E-state index is 9.50. The normalized spacial score (nSPS) is 8.22. The molecule has 0 spiro atoms. The minimum atomic E-state index is -1.69. The molecule has 57 valence electrons. The van der Waals surface area contributed by atoms with E-state index in [0.717, 1.165) is 6.92 Å². The molecule has 9 heavy (non-hydrogen) atoms. The third-order valence-corrected chi connectivity index (χ3v) is 0.610. The minimum absolute atomic E-state index is 0. The van der Waals surface area contributed by atoms with Crippen LogP contribution in [0.15, 0.2) is 0 Å². The van der Waals surface area contributed by atoms with Crippen LogP contribution < -0.4 is 0 Å². The van der Waals surface area contributed by atoms with E-state index >= 15 is 0 Å². The fourth-order valence-corrected chi connectivity index (χ4v) is 0.0770. The van der Waals surface area contributed by atoms with Gasteiger partial charge in [0.25, 0.3) is 0 Å². The summed E-state index contributed by atoms with van der Waals surface area (Å²) in [6.07, 6.45) is -1.69. The number of rotatable bonds is 2. The van der Waals surface area contributed by atoms with Crippen molar-refractivity contribution in [2.24, 2.45) is 0 Å². The van der Waals surface area contributed by atoms with Crippen LogP contribution in [0.25, 0.3) is 0 Å². The molecule has 0 fully saturated rings. The second kappa shape index (κ2) is 4.42. The Morgan fingerprint density at radius 3 is 1.44 bits per heavy atom. The van der Waals surface area contributed by atoms with E-state index in [1.807, 2.05) is 0 Å². The van der Waals surface area contributed by atoms with Crippen molar-refractivity contribution in [2.75, 3.05) is 0 Å². The van der Waals surface area contributed by atoms with Crippen LogP contribution in [0.3, 0.4) is 0 Å². The minimum Gasteiger partial charge on any atom is -0.259 e. The summed E-state index contributed by atoms with van der Waals surface area (Å²) in [7, 11) is 0. The fraction of sp³-hybridized carbons (Fsp3) is 1.00. The van der Waals surface area contributed by atoms with Crippen LogP contribution in [-0.2, 0) is 22.4 Å². The molecule has 6 nitrogen and oxygen atoms in total. The Morgan fingerprint density at radius 2 is 1.44 bits per heavy atom. The quantitative estimate of drug-likeness (QED) is 0.285. The van der Waals surface area contributed by atoms with Crippen LogP contribution in [0.5, 0.6) is 0 Å². The van der Waals surface area contributed by atoms with Crippen molar-refractivity contribution in [3.8, 4) is 0 Å². The fourth-order valence-electron chi connectivity index (χ4n) is 0.0770. The Morgan fingerprint density at radius 1 is 1.22 bits per heavy atom. The van der Waals surface area contributed by atoms with Crippen molar-refractivity contribution in [3.63, 3.8) is 0 Å². The first-order valence-electron chi connectivity index (χ1n) is 1.82. The van der Waals surface area contributed by atoms with Gasteiger partial charge in [0.05, 0.1) is 16.8 Å². The second-order valence-corrected chi connectivity index (χ2v) is 1.20. The van der Waals surface area contributed by atoms with Gasteiger partial charge in [-0.3, -0.25) is 20.2 Å². The molecule has 0 saturated carbocycles. The molecular formula is C2H4AgN2O4. The number of hydrogen-bond acceptors (Lipinski definition) is 4. The van der Waals surface area contributed by atoms with Crippen molar-refractivity contribution in [3.05, 3.63) is 20.2 Å². The van der Waals surface area contributed by atoms with Gasteiger partial charge in [0.15, 0.2) is 0 Å². The first kappa shape index (κ1) is 11.4. The van der Waals surface area contributed by atoms with Gasteiger partial charge in [-0.15, -0.1) is 0 Å². The van der Waals surface area contributed by atoms with E-state index < -0.39 is 16.0 Å². The Hall–Kier alpha value is -0.460. The topological polar surface area (TPSA) is 86.3 Å². The van der Waals surface area contributed by atoms with E-state index in [9.17, 15) is 20.2 Å². The average molecular weight is 228 g/mol. The number of nitro groups is 2. The van der Waals surface area contributed by atoms with E-state index in [1.54, 1.807) is 0 Å². The smallest absolute Gasteiger partial charge is 0.259 e. The molecule has 0 heterocycles. The zero-order valence-corrected chi connectivity index (χ0v) is 5.89. The SMILES string of the molecule is CC([N+](=O)[O-])[N+](=O)[O-].[Ag]. The van der Waals surface area contributed by atoms with Gasteiger partial charge in [-0.25, -0.2) is 0 Å².